The van der Waals surface area contributed by atoms with Gasteiger partial charge in [0.05, 0.1) is 23.8 Å². The number of nitrogens with zero attached hydrogens (tertiary/aromatic N) is 6. The maximum Gasteiger partial charge on any atom is 0.217 e. The van der Waals surface area contributed by atoms with Crippen LogP contribution >= 0.6 is 0 Å². The average molecular weight is 547 g/mol. The number of carbonyl (C=O) groups is 1. The number of likely N-dealkylation sites (tertiary alicyclic amines) is 1. The van der Waals surface area contributed by atoms with E-state index in [1.807, 2.05) is 23.0 Å². The number of aromatic nitrogens is 5. The Balaban J connectivity index is 1.28. The van der Waals surface area contributed by atoms with Crippen LogP contribution in [0.5, 0.6) is 5.88 Å². The van der Waals surface area contributed by atoms with Gasteiger partial charge >= 0.3 is 0 Å². The minimum atomic E-state index is -0.544. The monoisotopic (exact) mass is 546 g/mol. The number of hydrogen-bond donors (Lipinski definition) is 0. The Hall–Kier alpha value is -3.11. The van der Waals surface area contributed by atoms with Crippen LogP contribution in [0, 0.1) is 0 Å². The second-order valence-electron chi connectivity index (χ2n) is 12.0. The highest BCUT2D eigenvalue weighted by Gasteiger charge is 2.48. The lowest BCUT2D eigenvalue weighted by atomic mass is 9.64. The van der Waals surface area contributed by atoms with Gasteiger partial charge in [0.25, 0.3) is 0 Å². The van der Waals surface area contributed by atoms with Crippen LogP contribution in [0.3, 0.4) is 0 Å². The first-order valence-electron chi connectivity index (χ1n) is 14.9. The van der Waals surface area contributed by atoms with Gasteiger partial charge in [-0.25, -0.2) is 4.98 Å². The van der Waals surface area contributed by atoms with E-state index in [2.05, 4.69) is 24.0 Å². The summed E-state index contributed by atoms with van der Waals surface area (Å²) in [4.78, 5) is 25.4. The number of ketones is 1. The number of ether oxygens (including phenoxy) is 2. The van der Waals surface area contributed by atoms with Crippen molar-refractivity contribution >= 4 is 5.78 Å². The molecule has 4 atom stereocenters. The third-order valence-electron chi connectivity index (χ3n) is 9.53. The van der Waals surface area contributed by atoms with E-state index in [1.165, 1.54) is 6.42 Å². The summed E-state index contributed by atoms with van der Waals surface area (Å²) in [5.74, 6) is 1.99. The van der Waals surface area contributed by atoms with Gasteiger partial charge < -0.3 is 14.0 Å². The third kappa shape index (κ3) is 4.45. The molecule has 3 fully saturated rings. The summed E-state index contributed by atoms with van der Waals surface area (Å²) in [7, 11) is 2.15. The summed E-state index contributed by atoms with van der Waals surface area (Å²) in [6.07, 6.45) is 11.2. The average Bonchev–Trinajstić information content (AvgIpc) is 3.77. The van der Waals surface area contributed by atoms with Crippen molar-refractivity contribution < 1.29 is 18.8 Å². The Kier molecular flexibility index (Phi) is 6.70. The van der Waals surface area contributed by atoms with Gasteiger partial charge in [0.2, 0.25) is 5.88 Å². The highest BCUT2D eigenvalue weighted by molar-refractivity contribution is 5.91. The number of Topliss-reactive ketones (excluding diaryl/α,β-unsaturated/α-hetero) is 1. The predicted molar refractivity (Wildman–Crippen MR) is 147 cm³/mol. The molecule has 2 aliphatic carbocycles. The molecular weight excluding hydrogens is 508 g/mol. The van der Waals surface area contributed by atoms with Gasteiger partial charge in [-0.3, -0.25) is 14.4 Å². The van der Waals surface area contributed by atoms with Gasteiger partial charge in [-0.05, 0) is 77.9 Å². The highest BCUT2D eigenvalue weighted by Crippen LogP contribution is 2.47. The van der Waals surface area contributed by atoms with E-state index in [1.54, 1.807) is 0 Å². The first-order valence-corrected chi connectivity index (χ1v) is 14.9. The van der Waals surface area contributed by atoms with Gasteiger partial charge in [0, 0.05) is 36.9 Å². The Morgan fingerprint density at radius 3 is 2.80 bits per heavy atom. The molecule has 3 aromatic rings. The summed E-state index contributed by atoms with van der Waals surface area (Å²) in [6.45, 7) is 4.61. The zero-order chi connectivity index (χ0) is 27.3. The smallest absolute Gasteiger partial charge is 0.217 e. The molecule has 5 heterocycles. The molecule has 2 saturated heterocycles. The molecule has 0 bridgehead atoms. The van der Waals surface area contributed by atoms with Gasteiger partial charge in [-0.2, -0.15) is 10.1 Å². The molecule has 7 rings (SSSR count). The van der Waals surface area contributed by atoms with E-state index in [-0.39, 0.29) is 17.9 Å². The summed E-state index contributed by atoms with van der Waals surface area (Å²) in [5, 5.41) is 9.36. The van der Waals surface area contributed by atoms with E-state index in [0.29, 0.717) is 42.2 Å². The van der Waals surface area contributed by atoms with Crippen LogP contribution in [0.25, 0.3) is 22.9 Å². The number of fused-ring (bicyclic) bond motifs is 2. The van der Waals surface area contributed by atoms with E-state index in [0.717, 1.165) is 81.5 Å². The van der Waals surface area contributed by atoms with Crippen LogP contribution in [0.4, 0.5) is 0 Å². The molecule has 0 radical (unpaired) electrons. The molecule has 212 valence electrons. The molecule has 3 aromatic heterocycles. The van der Waals surface area contributed by atoms with E-state index in [9.17, 15) is 4.79 Å². The Labute approximate surface area is 234 Å². The maximum atomic E-state index is 13.2. The van der Waals surface area contributed by atoms with Crippen molar-refractivity contribution in [3.63, 3.8) is 0 Å². The first kappa shape index (κ1) is 25.8. The Morgan fingerprint density at radius 1 is 1.10 bits per heavy atom. The third-order valence-corrected chi connectivity index (χ3v) is 9.53. The van der Waals surface area contributed by atoms with Gasteiger partial charge in [0.1, 0.15) is 17.6 Å². The van der Waals surface area contributed by atoms with E-state index < -0.39 is 5.41 Å². The molecule has 10 heteroatoms. The van der Waals surface area contributed by atoms with Crippen molar-refractivity contribution in [3.05, 3.63) is 29.7 Å². The number of hydrogen-bond acceptors (Lipinski definition) is 9. The topological polar surface area (TPSA) is 108 Å². The Bertz CT molecular complexity index is 1390. The summed E-state index contributed by atoms with van der Waals surface area (Å²) >= 11 is 0. The highest BCUT2D eigenvalue weighted by atomic mass is 16.5. The van der Waals surface area contributed by atoms with Crippen molar-refractivity contribution in [2.24, 2.45) is 0 Å². The molecule has 40 heavy (non-hydrogen) atoms. The predicted octanol–water partition coefficient (Wildman–Crippen LogP) is 4.54. The Morgan fingerprint density at radius 2 is 2.00 bits per heavy atom. The molecule has 1 spiro atoms. The largest absolute Gasteiger partial charge is 0.473 e. The van der Waals surface area contributed by atoms with Crippen molar-refractivity contribution in [2.75, 3.05) is 26.8 Å². The molecule has 10 nitrogen and oxygen atoms in total. The van der Waals surface area contributed by atoms with E-state index >= 15 is 0 Å². The van der Waals surface area contributed by atoms with Gasteiger partial charge in [-0.1, -0.05) is 11.6 Å². The van der Waals surface area contributed by atoms with E-state index in [4.69, 9.17) is 29.1 Å². The molecule has 0 amide bonds. The fourth-order valence-corrected chi connectivity index (χ4v) is 7.30. The van der Waals surface area contributed by atoms with Crippen LogP contribution < -0.4 is 4.74 Å². The second kappa shape index (κ2) is 10.4. The second-order valence-corrected chi connectivity index (χ2v) is 12.0. The van der Waals surface area contributed by atoms with Crippen molar-refractivity contribution in [3.8, 4) is 28.8 Å². The summed E-state index contributed by atoms with van der Waals surface area (Å²) in [5.41, 5.74) is 2.48. The molecule has 0 unspecified atom stereocenters. The fourth-order valence-electron chi connectivity index (χ4n) is 7.30. The van der Waals surface area contributed by atoms with Crippen LogP contribution in [-0.4, -0.2) is 74.5 Å². The van der Waals surface area contributed by atoms with Crippen molar-refractivity contribution in [2.45, 2.75) is 94.7 Å². The zero-order valence-corrected chi connectivity index (χ0v) is 23.5. The van der Waals surface area contributed by atoms with Crippen LogP contribution in [0.2, 0.25) is 0 Å². The molecule has 0 aromatic carbocycles. The van der Waals surface area contributed by atoms with Crippen LogP contribution in [-0.2, 0) is 21.4 Å². The van der Waals surface area contributed by atoms with Gasteiger partial charge in [0.15, 0.2) is 17.3 Å². The van der Waals surface area contributed by atoms with Crippen molar-refractivity contribution in [1.29, 1.82) is 0 Å². The molecule has 1 saturated carbocycles. The molecule has 4 aliphatic rings. The first-order chi connectivity index (χ1) is 19.5. The summed E-state index contributed by atoms with van der Waals surface area (Å²) in [6, 6.07) is 4.43. The molecule has 0 N–H and O–H groups in total. The fraction of sp³-hybridized carbons (Fsp3) is 0.633. The van der Waals surface area contributed by atoms with Crippen molar-refractivity contribution in [1.82, 2.24) is 29.8 Å². The minimum Gasteiger partial charge on any atom is -0.473 e. The number of likely N-dealkylation sites (N-methyl/N-ethyl adjacent to an activating group) is 1. The SMILES string of the molecule is C[C@H](Oc1cc(-c2ccn([C@H]3CCOC3)n2)nc(-c2noc3c2CCC[C@@]32CCCCC2=O)n1)[C@@H]1CCCN1C. The minimum absolute atomic E-state index is 0.0364. The number of rotatable bonds is 6. The maximum absolute atomic E-state index is 13.2. The standard InChI is InChI=1S/C30H38N6O4/c1-19(24-8-6-14-35(24)2)39-26-17-23(22-10-15-36(33-22)20-11-16-38-18-20)31-29(32-26)27-21-7-5-13-30(28(21)40-34-27)12-4-3-9-25(30)37/h10,15,17,19-20,24H,3-9,11-14,16,18H2,1-2H3/t19-,20-,24-,30+/m0/s1. The summed E-state index contributed by atoms with van der Waals surface area (Å²) < 4.78 is 20.0. The molecular formula is C30H38N6O4. The van der Waals surface area contributed by atoms with Crippen LogP contribution in [0.1, 0.15) is 82.1 Å². The lowest BCUT2D eigenvalue weighted by Gasteiger charge is -2.36. The number of carbonyl (C=O) groups excluding carboxylic acids is 1. The van der Waals surface area contributed by atoms with Gasteiger partial charge in [-0.15, -0.1) is 0 Å². The van der Waals surface area contributed by atoms with Crippen LogP contribution in [0.15, 0.2) is 22.9 Å². The lowest BCUT2D eigenvalue weighted by molar-refractivity contribution is -0.128. The normalized spacial score (nSPS) is 27.8. The lowest BCUT2D eigenvalue weighted by Crippen LogP contribution is -2.41. The quantitative estimate of drug-likeness (QED) is 0.440. The zero-order valence-electron chi connectivity index (χ0n) is 23.5. The molecule has 2 aliphatic heterocycles.